The van der Waals surface area contributed by atoms with Crippen molar-refractivity contribution in [3.8, 4) is 0 Å². The average Bonchev–Trinajstić information content (AvgIpc) is 2.89. The van der Waals surface area contributed by atoms with Crippen molar-refractivity contribution in [2.24, 2.45) is 18.7 Å². The van der Waals surface area contributed by atoms with Crippen LogP contribution < -0.4 is 11.1 Å². The molecule has 0 radical (unpaired) electrons. The first kappa shape index (κ1) is 16.0. The van der Waals surface area contributed by atoms with Crippen LogP contribution in [0.2, 0.25) is 0 Å². The lowest BCUT2D eigenvalue weighted by Crippen LogP contribution is -2.39. The second kappa shape index (κ2) is 8.14. The van der Waals surface area contributed by atoms with Gasteiger partial charge in [-0.2, -0.15) is 5.10 Å². The molecule has 2 heterocycles. The smallest absolute Gasteiger partial charge is 0.220 e. The topological polar surface area (TPSA) is 76.2 Å². The number of nitrogens with one attached hydrogen (secondary N) is 1. The van der Waals surface area contributed by atoms with Gasteiger partial charge in [0.25, 0.3) is 0 Å². The molecule has 118 valence electrons. The molecule has 2 rings (SSSR count). The maximum absolute atomic E-state index is 11.1. The quantitative estimate of drug-likeness (QED) is 0.684. The molecule has 1 aromatic rings. The number of carbonyl (C=O) groups excluding carboxylic acids is 1. The minimum Gasteiger partial charge on any atom is -0.369 e. The van der Waals surface area contributed by atoms with Crippen LogP contribution in [-0.2, 0) is 18.4 Å². The lowest BCUT2D eigenvalue weighted by molar-refractivity contribution is -0.123. The number of amides is 1. The first-order chi connectivity index (χ1) is 10.1. The molecule has 0 atom stereocenters. The van der Waals surface area contributed by atoms with E-state index in [0.29, 0.717) is 0 Å². The number of nitrogens with two attached hydrogens (primary N) is 1. The third kappa shape index (κ3) is 5.47. The molecule has 1 fully saturated rings. The Hall–Kier alpha value is -1.40. The lowest BCUT2D eigenvalue weighted by atomic mass is 9.96. The normalized spacial score (nSPS) is 17.2. The van der Waals surface area contributed by atoms with Gasteiger partial charge in [0.05, 0.1) is 6.20 Å². The number of hydrogen-bond donors (Lipinski definition) is 2. The summed E-state index contributed by atoms with van der Waals surface area (Å²) in [5.74, 6) is -0.0309. The number of aryl methyl sites for hydroxylation is 1. The maximum atomic E-state index is 11.1. The molecule has 1 aromatic heterocycles. The van der Waals surface area contributed by atoms with E-state index in [1.54, 1.807) is 0 Å². The van der Waals surface area contributed by atoms with E-state index in [-0.39, 0.29) is 11.8 Å². The number of carbonyl (C=O) groups is 1. The predicted octanol–water partition coefficient (Wildman–Crippen LogP) is 0.487. The molecular weight excluding hydrogens is 266 g/mol. The highest BCUT2D eigenvalue weighted by Crippen LogP contribution is 2.16. The molecule has 0 spiro atoms. The molecular formula is C15H27N5O. The number of aromatic nitrogens is 2. The highest BCUT2D eigenvalue weighted by molar-refractivity contribution is 5.76. The molecule has 1 aliphatic rings. The van der Waals surface area contributed by atoms with Crippen LogP contribution in [0.25, 0.3) is 0 Å². The van der Waals surface area contributed by atoms with Gasteiger partial charge in [0.1, 0.15) is 0 Å². The van der Waals surface area contributed by atoms with Gasteiger partial charge in [0.15, 0.2) is 0 Å². The molecule has 21 heavy (non-hydrogen) atoms. The van der Waals surface area contributed by atoms with Crippen LogP contribution in [0, 0.1) is 5.92 Å². The number of hydrogen-bond acceptors (Lipinski definition) is 4. The summed E-state index contributed by atoms with van der Waals surface area (Å²) < 4.78 is 1.83. The Kier molecular flexibility index (Phi) is 6.20. The van der Waals surface area contributed by atoms with Crippen LogP contribution in [0.15, 0.2) is 12.4 Å². The standard InChI is InChI=1S/C15H27N5O/c1-19-12-13(11-18-19)10-17-6-2-3-7-20-8-4-14(5-9-20)15(16)21/h11-12,14,17H,2-10H2,1H3,(H2,16,21). The summed E-state index contributed by atoms with van der Waals surface area (Å²) in [5.41, 5.74) is 6.57. The van der Waals surface area contributed by atoms with Gasteiger partial charge in [-0.3, -0.25) is 9.48 Å². The zero-order chi connectivity index (χ0) is 15.1. The fraction of sp³-hybridized carbons (Fsp3) is 0.733. The summed E-state index contributed by atoms with van der Waals surface area (Å²) in [4.78, 5) is 13.5. The van der Waals surface area contributed by atoms with Gasteiger partial charge in [0.2, 0.25) is 5.91 Å². The average molecular weight is 293 g/mol. The third-order valence-electron chi connectivity index (χ3n) is 4.16. The van der Waals surface area contributed by atoms with Crippen molar-refractivity contribution in [1.29, 1.82) is 0 Å². The van der Waals surface area contributed by atoms with Gasteiger partial charge in [-0.15, -0.1) is 0 Å². The van der Waals surface area contributed by atoms with Crippen molar-refractivity contribution in [2.75, 3.05) is 26.2 Å². The Morgan fingerprint density at radius 1 is 1.43 bits per heavy atom. The number of unbranched alkanes of at least 4 members (excludes halogenated alkanes) is 1. The van der Waals surface area contributed by atoms with Crippen molar-refractivity contribution in [2.45, 2.75) is 32.2 Å². The van der Waals surface area contributed by atoms with Crippen LogP contribution in [0.4, 0.5) is 0 Å². The SMILES string of the molecule is Cn1cc(CNCCCCN2CCC(C(N)=O)CC2)cn1. The molecule has 0 bridgehead atoms. The summed E-state index contributed by atoms with van der Waals surface area (Å²) in [7, 11) is 1.94. The molecule has 6 nitrogen and oxygen atoms in total. The molecule has 1 amide bonds. The van der Waals surface area contributed by atoms with Crippen molar-refractivity contribution in [3.63, 3.8) is 0 Å². The van der Waals surface area contributed by atoms with Gasteiger partial charge in [-0.05, 0) is 51.9 Å². The highest BCUT2D eigenvalue weighted by Gasteiger charge is 2.22. The molecule has 3 N–H and O–H groups in total. The van der Waals surface area contributed by atoms with Crippen molar-refractivity contribution in [1.82, 2.24) is 20.0 Å². The fourth-order valence-electron chi connectivity index (χ4n) is 2.82. The summed E-state index contributed by atoms with van der Waals surface area (Å²) in [6.45, 7) is 5.07. The molecule has 6 heteroatoms. The minimum atomic E-state index is -0.130. The molecule has 0 aromatic carbocycles. The zero-order valence-corrected chi connectivity index (χ0v) is 12.9. The highest BCUT2D eigenvalue weighted by atomic mass is 16.1. The first-order valence-corrected chi connectivity index (χ1v) is 7.85. The van der Waals surface area contributed by atoms with Gasteiger partial charge in [0, 0.05) is 31.3 Å². The molecule has 0 unspecified atom stereocenters. The molecule has 0 aliphatic carbocycles. The van der Waals surface area contributed by atoms with Crippen LogP contribution in [0.3, 0.4) is 0 Å². The number of piperidine rings is 1. The van der Waals surface area contributed by atoms with Gasteiger partial charge in [-0.1, -0.05) is 0 Å². The first-order valence-electron chi connectivity index (χ1n) is 7.85. The Morgan fingerprint density at radius 3 is 2.81 bits per heavy atom. The van der Waals surface area contributed by atoms with E-state index in [1.807, 2.05) is 24.1 Å². The summed E-state index contributed by atoms with van der Waals surface area (Å²) in [6.07, 6.45) is 8.16. The van der Waals surface area contributed by atoms with Crippen molar-refractivity contribution in [3.05, 3.63) is 18.0 Å². The predicted molar refractivity (Wildman–Crippen MR) is 82.5 cm³/mol. The molecule has 1 aliphatic heterocycles. The van der Waals surface area contributed by atoms with Crippen LogP contribution in [0.5, 0.6) is 0 Å². The Labute approximate surface area is 126 Å². The number of nitrogens with zero attached hydrogens (tertiary/aromatic N) is 3. The molecule has 1 saturated heterocycles. The van der Waals surface area contributed by atoms with Crippen LogP contribution >= 0.6 is 0 Å². The summed E-state index contributed by atoms with van der Waals surface area (Å²) >= 11 is 0. The third-order valence-corrected chi connectivity index (χ3v) is 4.16. The summed E-state index contributed by atoms with van der Waals surface area (Å²) in [5, 5.41) is 7.59. The number of primary amides is 1. The molecule has 0 saturated carbocycles. The second-order valence-electron chi connectivity index (χ2n) is 5.92. The Morgan fingerprint density at radius 2 is 2.19 bits per heavy atom. The van der Waals surface area contributed by atoms with Gasteiger partial charge in [-0.25, -0.2) is 0 Å². The summed E-state index contributed by atoms with van der Waals surface area (Å²) in [6, 6.07) is 0. The van der Waals surface area contributed by atoms with Crippen molar-refractivity contribution >= 4 is 5.91 Å². The monoisotopic (exact) mass is 293 g/mol. The van der Waals surface area contributed by atoms with E-state index in [2.05, 4.69) is 15.3 Å². The minimum absolute atomic E-state index is 0.0994. The second-order valence-corrected chi connectivity index (χ2v) is 5.92. The van der Waals surface area contributed by atoms with E-state index in [0.717, 1.165) is 45.6 Å². The number of likely N-dealkylation sites (tertiary alicyclic amines) is 1. The Bertz CT molecular complexity index is 437. The van der Waals surface area contributed by atoms with Crippen molar-refractivity contribution < 1.29 is 4.79 Å². The van der Waals surface area contributed by atoms with E-state index in [9.17, 15) is 4.79 Å². The van der Waals surface area contributed by atoms with Crippen LogP contribution in [-0.4, -0.2) is 46.8 Å². The van der Waals surface area contributed by atoms with E-state index < -0.39 is 0 Å². The Balaban J connectivity index is 1.48. The van der Waals surface area contributed by atoms with E-state index in [4.69, 9.17) is 5.73 Å². The van der Waals surface area contributed by atoms with Crippen LogP contribution in [0.1, 0.15) is 31.2 Å². The number of rotatable bonds is 8. The van der Waals surface area contributed by atoms with E-state index >= 15 is 0 Å². The van der Waals surface area contributed by atoms with Gasteiger partial charge >= 0.3 is 0 Å². The van der Waals surface area contributed by atoms with E-state index in [1.165, 1.54) is 18.4 Å². The maximum Gasteiger partial charge on any atom is 0.220 e. The fourth-order valence-corrected chi connectivity index (χ4v) is 2.82. The van der Waals surface area contributed by atoms with Gasteiger partial charge < -0.3 is 16.0 Å². The lowest BCUT2D eigenvalue weighted by Gasteiger charge is -2.30. The zero-order valence-electron chi connectivity index (χ0n) is 12.9. The largest absolute Gasteiger partial charge is 0.369 e.